The predicted octanol–water partition coefficient (Wildman–Crippen LogP) is 6.62. The average Bonchev–Trinajstić information content (AvgIpc) is 2.40. The summed E-state index contributed by atoms with van der Waals surface area (Å²) in [7, 11) is 0. The first-order valence-corrected chi connectivity index (χ1v) is 8.09. The molecule has 0 radical (unpaired) electrons. The Labute approximate surface area is 126 Å². The molecule has 0 aromatic rings. The molecule has 0 heterocycles. The van der Waals surface area contributed by atoms with Crippen LogP contribution in [-0.2, 0) is 0 Å². The molecular formula is C20H32. The molecule has 0 saturated heterocycles. The van der Waals surface area contributed by atoms with E-state index in [1.54, 1.807) is 11.1 Å². The quantitative estimate of drug-likeness (QED) is 0.496. The van der Waals surface area contributed by atoms with Gasteiger partial charge in [-0.3, -0.25) is 0 Å². The number of hydrogen-bond acceptors (Lipinski definition) is 0. The van der Waals surface area contributed by atoms with Crippen molar-refractivity contribution >= 4 is 0 Å². The standard InChI is InChI=1S/2C10H16/c2*1-8(2)10-6-4-9(3)5-7-10/h2*4,7-8H,5-6H2,1-3H3. The molecule has 0 bridgehead atoms. The smallest absolute Gasteiger partial charge is 0.0133 e. The highest BCUT2D eigenvalue weighted by Crippen LogP contribution is 2.23. The Morgan fingerprint density at radius 3 is 1.15 bits per heavy atom. The third-order valence-corrected chi connectivity index (χ3v) is 4.23. The Morgan fingerprint density at radius 2 is 0.950 bits per heavy atom. The Morgan fingerprint density at radius 1 is 0.600 bits per heavy atom. The molecule has 0 saturated carbocycles. The summed E-state index contributed by atoms with van der Waals surface area (Å²) in [6.45, 7) is 13.5. The SMILES string of the molecule is CC1=CCC(C(C)C)=CC1.CC1=CCC(C(C)C)=CC1. The zero-order valence-electron chi connectivity index (χ0n) is 14.3. The van der Waals surface area contributed by atoms with Crippen molar-refractivity contribution in [2.24, 2.45) is 11.8 Å². The molecule has 2 rings (SSSR count). The maximum absolute atomic E-state index is 2.38. The third kappa shape index (κ3) is 5.94. The summed E-state index contributed by atoms with van der Waals surface area (Å²) in [5.41, 5.74) is 6.24. The summed E-state index contributed by atoms with van der Waals surface area (Å²) < 4.78 is 0. The van der Waals surface area contributed by atoms with Crippen LogP contribution < -0.4 is 0 Å². The lowest BCUT2D eigenvalue weighted by molar-refractivity contribution is 0.732. The molecule has 0 aromatic carbocycles. The van der Waals surface area contributed by atoms with Crippen LogP contribution in [0.2, 0.25) is 0 Å². The van der Waals surface area contributed by atoms with E-state index in [9.17, 15) is 0 Å². The van der Waals surface area contributed by atoms with E-state index >= 15 is 0 Å². The van der Waals surface area contributed by atoms with Crippen molar-refractivity contribution in [3.8, 4) is 0 Å². The second kappa shape index (κ2) is 8.29. The van der Waals surface area contributed by atoms with Crippen LogP contribution in [0.15, 0.2) is 46.6 Å². The minimum Gasteiger partial charge on any atom is -0.0812 e. The van der Waals surface area contributed by atoms with Crippen molar-refractivity contribution in [1.82, 2.24) is 0 Å². The van der Waals surface area contributed by atoms with Crippen LogP contribution in [0.25, 0.3) is 0 Å². The zero-order chi connectivity index (χ0) is 15.1. The van der Waals surface area contributed by atoms with Crippen molar-refractivity contribution < 1.29 is 0 Å². The molecule has 0 fully saturated rings. The number of rotatable bonds is 2. The molecule has 20 heavy (non-hydrogen) atoms. The highest BCUT2D eigenvalue weighted by molar-refractivity contribution is 5.21. The van der Waals surface area contributed by atoms with Crippen molar-refractivity contribution in [2.45, 2.75) is 67.2 Å². The van der Waals surface area contributed by atoms with Crippen LogP contribution in [0, 0.1) is 11.8 Å². The van der Waals surface area contributed by atoms with Crippen LogP contribution in [0.5, 0.6) is 0 Å². The molecule has 2 aliphatic rings. The Hall–Kier alpha value is -1.04. The second-order valence-electron chi connectivity index (χ2n) is 6.78. The molecule has 0 amide bonds. The summed E-state index contributed by atoms with van der Waals surface area (Å²) in [5.74, 6) is 1.48. The molecular weight excluding hydrogens is 240 g/mol. The van der Waals surface area contributed by atoms with Gasteiger partial charge in [0.05, 0.1) is 0 Å². The van der Waals surface area contributed by atoms with Crippen LogP contribution in [0.4, 0.5) is 0 Å². The van der Waals surface area contributed by atoms with E-state index in [1.165, 1.54) is 36.8 Å². The van der Waals surface area contributed by atoms with Gasteiger partial charge < -0.3 is 0 Å². The highest BCUT2D eigenvalue weighted by Gasteiger charge is 2.05. The van der Waals surface area contributed by atoms with E-state index < -0.39 is 0 Å². The van der Waals surface area contributed by atoms with Crippen LogP contribution in [0.3, 0.4) is 0 Å². The van der Waals surface area contributed by atoms with Gasteiger partial charge >= 0.3 is 0 Å². The highest BCUT2D eigenvalue weighted by atomic mass is 14.1. The molecule has 0 aliphatic heterocycles. The topological polar surface area (TPSA) is 0 Å². The minimum atomic E-state index is 0.740. The lowest BCUT2D eigenvalue weighted by Gasteiger charge is -2.13. The van der Waals surface area contributed by atoms with Gasteiger partial charge in [-0.1, -0.05) is 74.3 Å². The summed E-state index contributed by atoms with van der Waals surface area (Å²) in [6, 6.07) is 0. The van der Waals surface area contributed by atoms with E-state index in [2.05, 4.69) is 65.8 Å². The predicted molar refractivity (Wildman–Crippen MR) is 91.8 cm³/mol. The molecule has 0 aromatic heterocycles. The summed E-state index contributed by atoms with van der Waals surface area (Å²) in [4.78, 5) is 0. The van der Waals surface area contributed by atoms with Gasteiger partial charge in [-0.2, -0.15) is 0 Å². The first kappa shape index (κ1) is 17.0. The number of allylic oxidation sites excluding steroid dienone is 8. The fourth-order valence-electron chi connectivity index (χ4n) is 2.44. The van der Waals surface area contributed by atoms with Crippen LogP contribution in [-0.4, -0.2) is 0 Å². The summed E-state index contributed by atoms with van der Waals surface area (Å²) >= 11 is 0. The summed E-state index contributed by atoms with van der Waals surface area (Å²) in [6.07, 6.45) is 14.2. The fraction of sp³-hybridized carbons (Fsp3) is 0.600. The average molecular weight is 272 g/mol. The van der Waals surface area contributed by atoms with Gasteiger partial charge in [-0.05, 0) is 51.4 Å². The molecule has 0 nitrogen and oxygen atoms in total. The van der Waals surface area contributed by atoms with E-state index in [0.717, 1.165) is 11.8 Å². The van der Waals surface area contributed by atoms with Gasteiger partial charge in [0, 0.05) is 0 Å². The molecule has 0 spiro atoms. The van der Waals surface area contributed by atoms with E-state index in [1.807, 2.05) is 0 Å². The van der Waals surface area contributed by atoms with Gasteiger partial charge in [0.2, 0.25) is 0 Å². The fourth-order valence-corrected chi connectivity index (χ4v) is 2.44. The number of hydrogen-bond donors (Lipinski definition) is 0. The maximum Gasteiger partial charge on any atom is -0.0133 e. The van der Waals surface area contributed by atoms with Gasteiger partial charge in [0.1, 0.15) is 0 Å². The van der Waals surface area contributed by atoms with Gasteiger partial charge in [-0.25, -0.2) is 0 Å². The molecule has 2 aliphatic carbocycles. The van der Waals surface area contributed by atoms with Gasteiger partial charge in [0.15, 0.2) is 0 Å². The van der Waals surface area contributed by atoms with Crippen molar-refractivity contribution in [1.29, 1.82) is 0 Å². The minimum absolute atomic E-state index is 0.740. The van der Waals surface area contributed by atoms with Crippen molar-refractivity contribution in [3.05, 3.63) is 46.6 Å². The van der Waals surface area contributed by atoms with E-state index in [4.69, 9.17) is 0 Å². The van der Waals surface area contributed by atoms with Gasteiger partial charge in [-0.15, -0.1) is 0 Å². The molecule has 0 heteroatoms. The monoisotopic (exact) mass is 272 g/mol. The Bertz CT molecular complexity index is 383. The summed E-state index contributed by atoms with van der Waals surface area (Å²) in [5, 5.41) is 0. The first-order valence-electron chi connectivity index (χ1n) is 8.09. The van der Waals surface area contributed by atoms with E-state index in [-0.39, 0.29) is 0 Å². The molecule has 112 valence electrons. The zero-order valence-corrected chi connectivity index (χ0v) is 14.3. The normalized spacial score (nSPS) is 18.8. The molecule has 0 atom stereocenters. The molecule has 0 N–H and O–H groups in total. The third-order valence-electron chi connectivity index (χ3n) is 4.23. The second-order valence-corrected chi connectivity index (χ2v) is 6.78. The van der Waals surface area contributed by atoms with Crippen molar-refractivity contribution in [2.75, 3.05) is 0 Å². The van der Waals surface area contributed by atoms with Crippen molar-refractivity contribution in [3.63, 3.8) is 0 Å². The lowest BCUT2D eigenvalue weighted by Crippen LogP contribution is -1.96. The molecule has 0 unspecified atom stereocenters. The lowest BCUT2D eigenvalue weighted by atomic mass is 9.93. The van der Waals surface area contributed by atoms with Gasteiger partial charge in [0.25, 0.3) is 0 Å². The Balaban J connectivity index is 0.000000200. The Kier molecular flexibility index (Phi) is 7.05. The van der Waals surface area contributed by atoms with Crippen LogP contribution >= 0.6 is 0 Å². The van der Waals surface area contributed by atoms with E-state index in [0.29, 0.717) is 0 Å². The maximum atomic E-state index is 2.38. The largest absolute Gasteiger partial charge is 0.0812 e. The van der Waals surface area contributed by atoms with Crippen LogP contribution in [0.1, 0.15) is 67.2 Å². The first-order chi connectivity index (χ1) is 9.40.